The number of thiophene rings is 1. The molecule has 0 saturated carbocycles. The van der Waals surface area contributed by atoms with E-state index in [1.807, 2.05) is 32.4 Å². The second kappa shape index (κ2) is 4.99. The molecule has 3 nitrogen and oxygen atoms in total. The summed E-state index contributed by atoms with van der Waals surface area (Å²) < 4.78 is 2.87. The van der Waals surface area contributed by atoms with Gasteiger partial charge in [0.1, 0.15) is 5.82 Å². The van der Waals surface area contributed by atoms with Crippen LogP contribution in [0.1, 0.15) is 5.82 Å². The van der Waals surface area contributed by atoms with E-state index >= 15 is 0 Å². The van der Waals surface area contributed by atoms with Crippen molar-refractivity contribution in [3.8, 4) is 10.6 Å². The molecular formula is C11H14ClN3S. The molecule has 1 N–H and O–H groups in total. The molecule has 0 bridgehead atoms. The third-order valence-electron chi connectivity index (χ3n) is 2.40. The topological polar surface area (TPSA) is 29.9 Å². The second-order valence-electron chi connectivity index (χ2n) is 3.61. The molecule has 5 heteroatoms. The molecule has 2 rings (SSSR count). The van der Waals surface area contributed by atoms with E-state index < -0.39 is 0 Å². The first-order valence-electron chi connectivity index (χ1n) is 5.13. The third-order valence-corrected chi connectivity index (χ3v) is 3.65. The summed E-state index contributed by atoms with van der Waals surface area (Å²) in [6, 6.07) is 3.92. The lowest BCUT2D eigenvalue weighted by Gasteiger charge is -1.99. The molecule has 0 saturated heterocycles. The molecule has 0 aliphatic carbocycles. The summed E-state index contributed by atoms with van der Waals surface area (Å²) in [4.78, 5) is 5.73. The Hall–Kier alpha value is -0.840. The molecule has 0 spiro atoms. The van der Waals surface area contributed by atoms with Crippen LogP contribution in [0.3, 0.4) is 0 Å². The van der Waals surface area contributed by atoms with Crippen LogP contribution in [0.15, 0.2) is 18.3 Å². The molecule has 0 radical (unpaired) electrons. The summed E-state index contributed by atoms with van der Waals surface area (Å²) in [5, 5.41) is 3.12. The number of halogens is 1. The molecule has 2 heterocycles. The van der Waals surface area contributed by atoms with Gasteiger partial charge in [-0.15, -0.1) is 11.3 Å². The van der Waals surface area contributed by atoms with Crippen LogP contribution >= 0.6 is 22.9 Å². The average Bonchev–Trinajstić information content (AvgIpc) is 2.82. The van der Waals surface area contributed by atoms with Gasteiger partial charge in [0, 0.05) is 26.2 Å². The molecule has 0 atom stereocenters. The quantitative estimate of drug-likeness (QED) is 0.910. The maximum absolute atomic E-state index is 5.91. The lowest BCUT2D eigenvalue weighted by Crippen LogP contribution is -2.12. The Morgan fingerprint density at radius 3 is 2.94 bits per heavy atom. The lowest BCUT2D eigenvalue weighted by atomic mass is 10.4. The SMILES string of the molecule is CNCCc1nc(-c2ccc(Cl)s2)cn1C. The lowest BCUT2D eigenvalue weighted by molar-refractivity contribution is 0.718. The van der Waals surface area contributed by atoms with Gasteiger partial charge in [0.2, 0.25) is 0 Å². The largest absolute Gasteiger partial charge is 0.337 e. The molecule has 0 fully saturated rings. The van der Waals surface area contributed by atoms with Crippen molar-refractivity contribution in [3.63, 3.8) is 0 Å². The van der Waals surface area contributed by atoms with Crippen LogP contribution in [0.25, 0.3) is 10.6 Å². The van der Waals surface area contributed by atoms with Gasteiger partial charge in [0.05, 0.1) is 14.9 Å². The van der Waals surface area contributed by atoms with Crippen molar-refractivity contribution in [2.45, 2.75) is 6.42 Å². The van der Waals surface area contributed by atoms with Gasteiger partial charge >= 0.3 is 0 Å². The summed E-state index contributed by atoms with van der Waals surface area (Å²) in [7, 11) is 3.97. The number of nitrogens with zero attached hydrogens (tertiary/aromatic N) is 2. The average molecular weight is 256 g/mol. The summed E-state index contributed by atoms with van der Waals surface area (Å²) in [5.74, 6) is 1.09. The van der Waals surface area contributed by atoms with Crippen LogP contribution < -0.4 is 5.32 Å². The number of hydrogen-bond donors (Lipinski definition) is 1. The second-order valence-corrected chi connectivity index (χ2v) is 5.33. The first-order valence-corrected chi connectivity index (χ1v) is 6.32. The molecule has 86 valence electrons. The van der Waals surface area contributed by atoms with Crippen molar-refractivity contribution in [1.29, 1.82) is 0 Å². The van der Waals surface area contributed by atoms with Crippen molar-refractivity contribution in [2.24, 2.45) is 7.05 Å². The van der Waals surface area contributed by atoms with Crippen LogP contribution in [0.2, 0.25) is 4.34 Å². The maximum Gasteiger partial charge on any atom is 0.110 e. The smallest absolute Gasteiger partial charge is 0.110 e. The van der Waals surface area contributed by atoms with Crippen LogP contribution in [-0.2, 0) is 13.5 Å². The van der Waals surface area contributed by atoms with Gasteiger partial charge < -0.3 is 9.88 Å². The Balaban J connectivity index is 2.23. The van der Waals surface area contributed by atoms with E-state index in [9.17, 15) is 0 Å². The van der Waals surface area contributed by atoms with Gasteiger partial charge in [-0.1, -0.05) is 11.6 Å². The molecule has 16 heavy (non-hydrogen) atoms. The predicted molar refractivity (Wildman–Crippen MR) is 69.2 cm³/mol. The fourth-order valence-corrected chi connectivity index (χ4v) is 2.54. The Bertz CT molecular complexity index is 475. The van der Waals surface area contributed by atoms with Crippen LogP contribution in [-0.4, -0.2) is 23.1 Å². The van der Waals surface area contributed by atoms with E-state index in [0.717, 1.165) is 33.7 Å². The van der Waals surface area contributed by atoms with Gasteiger partial charge in [-0.05, 0) is 19.2 Å². The predicted octanol–water partition coefficient (Wildman–Crippen LogP) is 2.56. The van der Waals surface area contributed by atoms with Crippen LogP contribution in [0.4, 0.5) is 0 Å². The van der Waals surface area contributed by atoms with E-state index in [2.05, 4.69) is 14.9 Å². The molecular weight excluding hydrogens is 242 g/mol. The number of likely N-dealkylation sites (N-methyl/N-ethyl adjacent to an activating group) is 1. The molecule has 2 aromatic rings. The van der Waals surface area contributed by atoms with E-state index in [4.69, 9.17) is 11.6 Å². The molecule has 0 aliphatic heterocycles. The summed E-state index contributed by atoms with van der Waals surface area (Å²) in [6.45, 7) is 0.940. The van der Waals surface area contributed by atoms with E-state index in [0.29, 0.717) is 0 Å². The van der Waals surface area contributed by atoms with E-state index in [-0.39, 0.29) is 0 Å². The minimum Gasteiger partial charge on any atom is -0.337 e. The Labute approximate surface area is 104 Å². The number of imidazole rings is 1. The number of rotatable bonds is 4. The minimum atomic E-state index is 0.803. The van der Waals surface area contributed by atoms with Crippen molar-refractivity contribution in [3.05, 3.63) is 28.5 Å². The van der Waals surface area contributed by atoms with Crippen molar-refractivity contribution in [2.75, 3.05) is 13.6 Å². The standard InChI is InChI=1S/C11H14ClN3S/c1-13-6-5-11-14-8(7-15(11)2)9-3-4-10(12)16-9/h3-4,7,13H,5-6H2,1-2H3. The highest BCUT2D eigenvalue weighted by atomic mass is 35.5. The summed E-state index contributed by atoms with van der Waals surface area (Å²) in [5.41, 5.74) is 1.01. The van der Waals surface area contributed by atoms with Gasteiger partial charge in [-0.3, -0.25) is 0 Å². The molecule has 2 aromatic heterocycles. The van der Waals surface area contributed by atoms with Gasteiger partial charge in [0.25, 0.3) is 0 Å². The highest BCUT2D eigenvalue weighted by Crippen LogP contribution is 2.30. The summed E-state index contributed by atoms with van der Waals surface area (Å²) >= 11 is 7.48. The monoisotopic (exact) mass is 255 g/mol. The number of aromatic nitrogens is 2. The molecule has 0 amide bonds. The number of aryl methyl sites for hydroxylation is 1. The fraction of sp³-hybridized carbons (Fsp3) is 0.364. The maximum atomic E-state index is 5.91. The Morgan fingerprint density at radius 2 is 2.31 bits per heavy atom. The van der Waals surface area contributed by atoms with Crippen molar-refractivity contribution >= 4 is 22.9 Å². The molecule has 0 unspecified atom stereocenters. The van der Waals surface area contributed by atoms with Crippen LogP contribution in [0, 0.1) is 0 Å². The van der Waals surface area contributed by atoms with Gasteiger partial charge in [-0.25, -0.2) is 4.98 Å². The van der Waals surface area contributed by atoms with E-state index in [1.54, 1.807) is 11.3 Å². The zero-order chi connectivity index (χ0) is 11.5. The molecule has 0 aliphatic rings. The first-order chi connectivity index (χ1) is 7.70. The van der Waals surface area contributed by atoms with Gasteiger partial charge in [0.15, 0.2) is 0 Å². The normalized spacial score (nSPS) is 10.9. The highest BCUT2D eigenvalue weighted by molar-refractivity contribution is 7.19. The zero-order valence-electron chi connectivity index (χ0n) is 9.33. The third kappa shape index (κ3) is 2.45. The fourth-order valence-electron chi connectivity index (χ4n) is 1.54. The van der Waals surface area contributed by atoms with Crippen molar-refractivity contribution in [1.82, 2.24) is 14.9 Å². The zero-order valence-corrected chi connectivity index (χ0v) is 10.9. The number of nitrogens with one attached hydrogen (secondary N) is 1. The van der Waals surface area contributed by atoms with E-state index in [1.165, 1.54) is 0 Å². The summed E-state index contributed by atoms with van der Waals surface area (Å²) in [6.07, 6.45) is 2.99. The highest BCUT2D eigenvalue weighted by Gasteiger charge is 2.08. The molecule has 0 aromatic carbocycles. The van der Waals surface area contributed by atoms with Gasteiger partial charge in [-0.2, -0.15) is 0 Å². The number of hydrogen-bond acceptors (Lipinski definition) is 3. The first kappa shape index (κ1) is 11.6. The minimum absolute atomic E-state index is 0.803. The Morgan fingerprint density at radius 1 is 1.50 bits per heavy atom. The van der Waals surface area contributed by atoms with Crippen molar-refractivity contribution < 1.29 is 0 Å². The Kier molecular flexibility index (Phi) is 3.63. The van der Waals surface area contributed by atoms with Crippen LogP contribution in [0.5, 0.6) is 0 Å².